The largest absolute Gasteiger partial charge is 0.462 e. The number of thioether (sulfide) groups is 1. The van der Waals surface area contributed by atoms with Gasteiger partial charge in [0.15, 0.2) is 5.43 Å². The molecule has 36 heavy (non-hydrogen) atoms. The van der Waals surface area contributed by atoms with Gasteiger partial charge in [-0.15, -0.1) is 11.8 Å². The molecular weight excluding hydrogens is 474 g/mol. The molecule has 1 atom stereocenters. The monoisotopic (exact) mass is 499 g/mol. The number of benzene rings is 3. The molecule has 1 aliphatic heterocycles. The molecule has 6 nitrogen and oxygen atoms in total. The van der Waals surface area contributed by atoms with Crippen molar-refractivity contribution >= 4 is 40.3 Å². The number of amides is 1. The molecular formula is C29H25NO5S. The van der Waals surface area contributed by atoms with Gasteiger partial charge in [-0.05, 0) is 92.2 Å². The quantitative estimate of drug-likeness (QED) is 0.245. The molecule has 0 radical (unpaired) electrons. The van der Waals surface area contributed by atoms with Crippen molar-refractivity contribution < 1.29 is 18.7 Å². The van der Waals surface area contributed by atoms with E-state index in [2.05, 4.69) is 0 Å². The third-order valence-corrected chi connectivity index (χ3v) is 7.32. The highest BCUT2D eigenvalue weighted by Gasteiger charge is 2.43. The lowest BCUT2D eigenvalue weighted by molar-refractivity contribution is 0.0526. The average Bonchev–Trinajstić information content (AvgIpc) is 3.18. The van der Waals surface area contributed by atoms with Crippen molar-refractivity contribution in [3.05, 3.63) is 104 Å². The molecule has 0 N–H and O–H groups in total. The number of rotatable bonds is 5. The summed E-state index contributed by atoms with van der Waals surface area (Å²) in [5.41, 5.74) is 4.19. The van der Waals surface area contributed by atoms with Gasteiger partial charge in [-0.2, -0.15) is 0 Å². The third kappa shape index (κ3) is 3.89. The maximum absolute atomic E-state index is 13.8. The van der Waals surface area contributed by atoms with Crippen LogP contribution in [0.15, 0.2) is 74.8 Å². The zero-order chi connectivity index (χ0) is 25.6. The molecule has 1 aliphatic rings. The van der Waals surface area contributed by atoms with Crippen LogP contribution in [0.3, 0.4) is 0 Å². The second-order valence-corrected chi connectivity index (χ2v) is 9.60. The van der Waals surface area contributed by atoms with Gasteiger partial charge < -0.3 is 9.15 Å². The molecule has 5 rings (SSSR count). The van der Waals surface area contributed by atoms with Crippen molar-refractivity contribution in [1.82, 2.24) is 0 Å². The molecule has 0 saturated heterocycles. The Balaban J connectivity index is 1.71. The molecule has 0 fully saturated rings. The van der Waals surface area contributed by atoms with E-state index in [9.17, 15) is 14.4 Å². The summed E-state index contributed by atoms with van der Waals surface area (Å²) in [4.78, 5) is 42.4. The summed E-state index contributed by atoms with van der Waals surface area (Å²) in [6.07, 6.45) is 1.99. The summed E-state index contributed by atoms with van der Waals surface area (Å²) < 4.78 is 11.2. The van der Waals surface area contributed by atoms with Crippen molar-refractivity contribution in [2.75, 3.05) is 17.8 Å². The van der Waals surface area contributed by atoms with Crippen LogP contribution < -0.4 is 10.3 Å². The second kappa shape index (κ2) is 9.32. The number of nitrogens with zero attached hydrogens (tertiary/aromatic N) is 1. The maximum Gasteiger partial charge on any atom is 0.338 e. The van der Waals surface area contributed by atoms with Crippen molar-refractivity contribution in [3.63, 3.8) is 0 Å². The van der Waals surface area contributed by atoms with E-state index in [0.717, 1.165) is 21.6 Å². The normalized spacial score (nSPS) is 14.8. The first kappa shape index (κ1) is 23.9. The standard InChI is InChI=1S/C29H25NO5S/c1-5-34-29(33)19-6-10-20(11-7-19)30-25(18-8-12-21(36-4)13-9-18)24-26(31)22-14-16(2)17(3)15-23(22)35-27(24)28(30)32/h6-15,25H,5H2,1-4H3. The molecule has 1 amide bonds. The second-order valence-electron chi connectivity index (χ2n) is 8.72. The first-order valence-electron chi connectivity index (χ1n) is 11.7. The van der Waals surface area contributed by atoms with Gasteiger partial charge in [-0.3, -0.25) is 14.5 Å². The van der Waals surface area contributed by atoms with E-state index in [4.69, 9.17) is 9.15 Å². The van der Waals surface area contributed by atoms with Gasteiger partial charge in [0.1, 0.15) is 5.58 Å². The Morgan fingerprint density at radius 2 is 1.67 bits per heavy atom. The highest BCUT2D eigenvalue weighted by molar-refractivity contribution is 7.98. The number of anilines is 1. The van der Waals surface area contributed by atoms with Crippen LogP contribution in [-0.2, 0) is 4.74 Å². The predicted octanol–water partition coefficient (Wildman–Crippen LogP) is 6.06. The first-order valence-corrected chi connectivity index (χ1v) is 12.9. The van der Waals surface area contributed by atoms with E-state index in [-0.39, 0.29) is 17.8 Å². The summed E-state index contributed by atoms with van der Waals surface area (Å²) in [6.45, 7) is 5.91. The Bertz CT molecular complexity index is 1550. The third-order valence-electron chi connectivity index (χ3n) is 6.57. The van der Waals surface area contributed by atoms with Crippen molar-refractivity contribution in [2.24, 2.45) is 0 Å². The number of esters is 1. The Kier molecular flexibility index (Phi) is 6.18. The van der Waals surface area contributed by atoms with Crippen LogP contribution >= 0.6 is 11.8 Å². The number of aryl methyl sites for hydroxylation is 2. The number of ether oxygens (including phenoxy) is 1. The van der Waals surface area contributed by atoms with Crippen molar-refractivity contribution in [1.29, 1.82) is 0 Å². The number of carbonyl (C=O) groups is 2. The topological polar surface area (TPSA) is 76.8 Å². The molecule has 0 bridgehead atoms. The minimum absolute atomic E-state index is 0.0455. The molecule has 1 unspecified atom stereocenters. The molecule has 0 saturated carbocycles. The number of carbonyl (C=O) groups excluding carboxylic acids is 2. The van der Waals surface area contributed by atoms with Gasteiger partial charge in [0.25, 0.3) is 5.91 Å². The Labute approximate surface area is 212 Å². The van der Waals surface area contributed by atoms with Crippen molar-refractivity contribution in [2.45, 2.75) is 31.7 Å². The minimum Gasteiger partial charge on any atom is -0.462 e. The molecule has 182 valence electrons. The minimum atomic E-state index is -0.667. The van der Waals surface area contributed by atoms with Crippen LogP contribution in [0, 0.1) is 13.8 Å². The van der Waals surface area contributed by atoms with Crippen LogP contribution in [0.1, 0.15) is 56.1 Å². The number of hydrogen-bond acceptors (Lipinski definition) is 6. The van der Waals surface area contributed by atoms with E-state index in [1.54, 1.807) is 53.9 Å². The Morgan fingerprint density at radius 1 is 1.00 bits per heavy atom. The molecule has 3 aromatic carbocycles. The lowest BCUT2D eigenvalue weighted by Gasteiger charge is -2.25. The van der Waals surface area contributed by atoms with E-state index in [1.807, 2.05) is 50.4 Å². The maximum atomic E-state index is 13.8. The van der Waals surface area contributed by atoms with Crippen LogP contribution in [0.4, 0.5) is 5.69 Å². The number of hydrogen-bond donors (Lipinski definition) is 0. The Hall–Kier alpha value is -3.84. The average molecular weight is 500 g/mol. The fraction of sp³-hybridized carbons (Fsp3) is 0.207. The summed E-state index contributed by atoms with van der Waals surface area (Å²) >= 11 is 1.61. The SMILES string of the molecule is CCOC(=O)c1ccc(N2C(=O)c3oc4cc(C)c(C)cc4c(=O)c3C2c2ccc(SC)cc2)cc1. The van der Waals surface area contributed by atoms with E-state index in [1.165, 1.54) is 0 Å². The fourth-order valence-electron chi connectivity index (χ4n) is 4.57. The molecule has 1 aromatic heterocycles. The van der Waals surface area contributed by atoms with Crippen LogP contribution in [0.5, 0.6) is 0 Å². The zero-order valence-corrected chi connectivity index (χ0v) is 21.3. The van der Waals surface area contributed by atoms with Gasteiger partial charge >= 0.3 is 5.97 Å². The Morgan fingerprint density at radius 3 is 2.31 bits per heavy atom. The van der Waals surface area contributed by atoms with E-state index in [0.29, 0.717) is 27.8 Å². The van der Waals surface area contributed by atoms with Gasteiger partial charge in [0.2, 0.25) is 5.76 Å². The first-order chi connectivity index (χ1) is 17.3. The van der Waals surface area contributed by atoms with Crippen LogP contribution in [-0.4, -0.2) is 24.7 Å². The van der Waals surface area contributed by atoms with Crippen LogP contribution in [0.2, 0.25) is 0 Å². The molecule has 0 spiro atoms. The van der Waals surface area contributed by atoms with Crippen molar-refractivity contribution in [3.8, 4) is 0 Å². The van der Waals surface area contributed by atoms with E-state index < -0.39 is 17.9 Å². The molecule has 4 aromatic rings. The lowest BCUT2D eigenvalue weighted by atomic mass is 9.97. The highest BCUT2D eigenvalue weighted by Crippen LogP contribution is 2.41. The summed E-state index contributed by atoms with van der Waals surface area (Å²) in [5, 5.41) is 0.454. The lowest BCUT2D eigenvalue weighted by Crippen LogP contribution is -2.29. The molecule has 2 heterocycles. The van der Waals surface area contributed by atoms with Gasteiger partial charge in [-0.25, -0.2) is 4.79 Å². The predicted molar refractivity (Wildman–Crippen MR) is 141 cm³/mol. The van der Waals surface area contributed by atoms with Gasteiger partial charge in [-0.1, -0.05) is 12.1 Å². The van der Waals surface area contributed by atoms with E-state index >= 15 is 0 Å². The summed E-state index contributed by atoms with van der Waals surface area (Å²) in [7, 11) is 0. The molecule has 7 heteroatoms. The number of fused-ring (bicyclic) bond motifs is 2. The van der Waals surface area contributed by atoms with Gasteiger partial charge in [0, 0.05) is 10.6 Å². The zero-order valence-electron chi connectivity index (χ0n) is 20.5. The van der Waals surface area contributed by atoms with Gasteiger partial charge in [0.05, 0.1) is 29.2 Å². The smallest absolute Gasteiger partial charge is 0.338 e. The molecule has 0 aliphatic carbocycles. The highest BCUT2D eigenvalue weighted by atomic mass is 32.2. The summed E-state index contributed by atoms with van der Waals surface area (Å²) in [6, 6.07) is 17.4. The fourth-order valence-corrected chi connectivity index (χ4v) is 4.98. The summed E-state index contributed by atoms with van der Waals surface area (Å²) in [5.74, 6) is -0.785. The van der Waals surface area contributed by atoms with Crippen LogP contribution in [0.25, 0.3) is 11.0 Å².